The van der Waals surface area contributed by atoms with E-state index in [9.17, 15) is 4.79 Å². The zero-order valence-corrected chi connectivity index (χ0v) is 16.4. The van der Waals surface area contributed by atoms with Gasteiger partial charge in [0.2, 0.25) is 0 Å². The number of hydrogen-bond donors (Lipinski definition) is 0. The maximum Gasteiger partial charge on any atom is 0.410 e. The third kappa shape index (κ3) is 8.19. The molecule has 5 nitrogen and oxygen atoms in total. The van der Waals surface area contributed by atoms with Crippen LogP contribution in [0.1, 0.15) is 37.7 Å². The molecular weight excluding hydrogens is 328 g/mol. The van der Waals surface area contributed by atoms with Gasteiger partial charge in [0.1, 0.15) is 6.61 Å². The molecule has 1 amide bonds. The Morgan fingerprint density at radius 3 is 2.73 bits per heavy atom. The minimum absolute atomic E-state index is 0.182. The highest BCUT2D eigenvalue weighted by Gasteiger charge is 2.24. The molecule has 146 valence electrons. The zero-order valence-electron chi connectivity index (χ0n) is 16.4. The second-order valence-electron chi connectivity index (χ2n) is 7.41. The van der Waals surface area contributed by atoms with Gasteiger partial charge in [0.05, 0.1) is 0 Å². The van der Waals surface area contributed by atoms with Crippen LogP contribution in [0.3, 0.4) is 0 Å². The summed E-state index contributed by atoms with van der Waals surface area (Å²) in [4.78, 5) is 16.3. The Labute approximate surface area is 158 Å². The molecule has 1 aliphatic rings. The van der Waals surface area contributed by atoms with Crippen LogP contribution in [0.15, 0.2) is 30.3 Å². The van der Waals surface area contributed by atoms with Crippen molar-refractivity contribution in [3.8, 4) is 0 Å². The molecule has 0 bridgehead atoms. The van der Waals surface area contributed by atoms with Crippen molar-refractivity contribution in [2.45, 2.75) is 38.7 Å². The highest BCUT2D eigenvalue weighted by molar-refractivity contribution is 5.67. The smallest absolute Gasteiger partial charge is 0.410 e. The number of carbonyl (C=O) groups excluding carboxylic acids is 1. The topological polar surface area (TPSA) is 42.0 Å². The van der Waals surface area contributed by atoms with E-state index in [0.29, 0.717) is 12.5 Å². The van der Waals surface area contributed by atoms with Gasteiger partial charge in [0.15, 0.2) is 0 Å². The molecule has 5 heteroatoms. The lowest BCUT2D eigenvalue weighted by Gasteiger charge is -2.32. The summed E-state index contributed by atoms with van der Waals surface area (Å²) in [7, 11) is 4.17. The van der Waals surface area contributed by atoms with Crippen molar-refractivity contribution < 1.29 is 14.3 Å². The molecule has 0 saturated carbocycles. The van der Waals surface area contributed by atoms with Gasteiger partial charge in [-0.05, 0) is 64.2 Å². The number of benzene rings is 1. The average molecular weight is 363 g/mol. The maximum absolute atomic E-state index is 12.3. The Balaban J connectivity index is 1.58. The van der Waals surface area contributed by atoms with E-state index in [2.05, 4.69) is 19.0 Å². The molecule has 1 atom stereocenters. The molecule has 1 aliphatic heterocycles. The second-order valence-corrected chi connectivity index (χ2v) is 7.41. The van der Waals surface area contributed by atoms with Crippen LogP contribution in [0.5, 0.6) is 0 Å². The van der Waals surface area contributed by atoms with Gasteiger partial charge in [-0.2, -0.15) is 0 Å². The summed E-state index contributed by atoms with van der Waals surface area (Å²) < 4.78 is 11.2. The second kappa shape index (κ2) is 11.9. The average Bonchev–Trinajstić information content (AvgIpc) is 2.66. The van der Waals surface area contributed by atoms with Crippen LogP contribution < -0.4 is 0 Å². The standard InChI is InChI=1S/C21H34N2O3/c1-22(2)13-8-16-25-15-7-12-19-11-6-14-23(17-19)21(24)26-18-20-9-4-3-5-10-20/h3-5,9-10,19H,6-8,11-18H2,1-2H3. The molecule has 1 saturated heterocycles. The third-order valence-electron chi connectivity index (χ3n) is 4.78. The molecule has 1 unspecified atom stereocenters. The van der Waals surface area contributed by atoms with E-state index in [0.717, 1.165) is 64.1 Å². The molecule has 1 heterocycles. The first-order valence-corrected chi connectivity index (χ1v) is 9.83. The number of carbonyl (C=O) groups is 1. The summed E-state index contributed by atoms with van der Waals surface area (Å²) in [5.74, 6) is 0.568. The maximum atomic E-state index is 12.3. The fraction of sp³-hybridized carbons (Fsp3) is 0.667. The van der Waals surface area contributed by atoms with Crippen molar-refractivity contribution in [3.63, 3.8) is 0 Å². The van der Waals surface area contributed by atoms with Crippen molar-refractivity contribution in [1.29, 1.82) is 0 Å². The fourth-order valence-corrected chi connectivity index (χ4v) is 3.34. The first kappa shape index (κ1) is 20.7. The largest absolute Gasteiger partial charge is 0.445 e. The van der Waals surface area contributed by atoms with E-state index in [1.54, 1.807) is 0 Å². The highest BCUT2D eigenvalue weighted by Crippen LogP contribution is 2.21. The predicted molar refractivity (Wildman–Crippen MR) is 104 cm³/mol. The summed E-state index contributed by atoms with van der Waals surface area (Å²) in [5, 5.41) is 0. The van der Waals surface area contributed by atoms with Gasteiger partial charge >= 0.3 is 6.09 Å². The number of hydrogen-bond acceptors (Lipinski definition) is 4. The van der Waals surface area contributed by atoms with E-state index >= 15 is 0 Å². The Morgan fingerprint density at radius 1 is 1.19 bits per heavy atom. The Morgan fingerprint density at radius 2 is 1.96 bits per heavy atom. The lowest BCUT2D eigenvalue weighted by molar-refractivity contribution is 0.0743. The first-order chi connectivity index (χ1) is 12.6. The van der Waals surface area contributed by atoms with E-state index in [-0.39, 0.29) is 6.09 Å². The Kier molecular flexibility index (Phi) is 9.50. The van der Waals surface area contributed by atoms with Crippen LogP contribution in [-0.2, 0) is 16.1 Å². The van der Waals surface area contributed by atoms with Crippen LogP contribution >= 0.6 is 0 Å². The third-order valence-corrected chi connectivity index (χ3v) is 4.78. The normalized spacial score (nSPS) is 17.5. The summed E-state index contributed by atoms with van der Waals surface area (Å²) in [6, 6.07) is 9.84. The van der Waals surface area contributed by atoms with Gasteiger partial charge in [-0.25, -0.2) is 4.79 Å². The molecule has 1 fully saturated rings. The monoisotopic (exact) mass is 362 g/mol. The molecular formula is C21H34N2O3. The lowest BCUT2D eigenvalue weighted by atomic mass is 9.94. The molecule has 0 aromatic heterocycles. The zero-order chi connectivity index (χ0) is 18.6. The minimum Gasteiger partial charge on any atom is -0.445 e. The van der Waals surface area contributed by atoms with Gasteiger partial charge in [-0.1, -0.05) is 30.3 Å². The van der Waals surface area contributed by atoms with Crippen LogP contribution in [0.25, 0.3) is 0 Å². The van der Waals surface area contributed by atoms with Crippen molar-refractivity contribution in [1.82, 2.24) is 9.80 Å². The van der Waals surface area contributed by atoms with Crippen molar-refractivity contribution in [2.24, 2.45) is 5.92 Å². The van der Waals surface area contributed by atoms with E-state index < -0.39 is 0 Å². The number of amides is 1. The quantitative estimate of drug-likeness (QED) is 0.594. The van der Waals surface area contributed by atoms with E-state index in [1.165, 1.54) is 6.42 Å². The molecule has 0 aliphatic carbocycles. The van der Waals surface area contributed by atoms with Gasteiger partial charge in [-0.15, -0.1) is 0 Å². The molecule has 0 N–H and O–H groups in total. The van der Waals surface area contributed by atoms with Crippen molar-refractivity contribution in [3.05, 3.63) is 35.9 Å². The van der Waals surface area contributed by atoms with Gasteiger partial charge < -0.3 is 19.3 Å². The van der Waals surface area contributed by atoms with Crippen LogP contribution in [-0.4, -0.2) is 62.8 Å². The Bertz CT molecular complexity index is 507. The highest BCUT2D eigenvalue weighted by atomic mass is 16.6. The fourth-order valence-electron chi connectivity index (χ4n) is 3.34. The van der Waals surface area contributed by atoms with Crippen molar-refractivity contribution in [2.75, 3.05) is 46.9 Å². The number of piperidine rings is 1. The molecule has 0 radical (unpaired) electrons. The van der Waals surface area contributed by atoms with Gasteiger partial charge in [0, 0.05) is 26.3 Å². The number of ether oxygens (including phenoxy) is 2. The minimum atomic E-state index is -0.182. The van der Waals surface area contributed by atoms with E-state index in [1.807, 2.05) is 35.2 Å². The lowest BCUT2D eigenvalue weighted by Crippen LogP contribution is -2.40. The predicted octanol–water partition coefficient (Wildman–Crippen LogP) is 3.78. The number of nitrogens with zero attached hydrogens (tertiary/aromatic N) is 2. The molecule has 1 aromatic rings. The first-order valence-electron chi connectivity index (χ1n) is 9.83. The molecule has 2 rings (SSSR count). The van der Waals surface area contributed by atoms with E-state index in [4.69, 9.17) is 9.47 Å². The number of rotatable bonds is 10. The van der Waals surface area contributed by atoms with Gasteiger partial charge in [-0.3, -0.25) is 0 Å². The van der Waals surface area contributed by atoms with Crippen molar-refractivity contribution >= 4 is 6.09 Å². The Hall–Kier alpha value is -1.59. The molecule has 1 aromatic carbocycles. The SMILES string of the molecule is CN(C)CCCOCCCC1CCCN(C(=O)OCc2ccccc2)C1. The number of likely N-dealkylation sites (tertiary alicyclic amines) is 1. The molecule has 26 heavy (non-hydrogen) atoms. The summed E-state index contributed by atoms with van der Waals surface area (Å²) >= 11 is 0. The summed E-state index contributed by atoms with van der Waals surface area (Å²) in [6.07, 6.45) is 5.35. The van der Waals surface area contributed by atoms with Crippen LogP contribution in [0.2, 0.25) is 0 Å². The summed E-state index contributed by atoms with van der Waals surface area (Å²) in [6.45, 7) is 4.70. The van der Waals surface area contributed by atoms with Gasteiger partial charge in [0.25, 0.3) is 0 Å². The van der Waals surface area contributed by atoms with Crippen LogP contribution in [0.4, 0.5) is 4.79 Å². The summed E-state index contributed by atoms with van der Waals surface area (Å²) in [5.41, 5.74) is 1.03. The molecule has 0 spiro atoms. The van der Waals surface area contributed by atoms with Crippen LogP contribution in [0, 0.1) is 5.92 Å².